The van der Waals surface area contributed by atoms with Gasteiger partial charge < -0.3 is 14.6 Å². The molecule has 0 amide bonds. The smallest absolute Gasteiger partial charge is 0.303 e. The molecule has 2 rings (SSSR count). The first-order chi connectivity index (χ1) is 11.2. The number of aryl methyl sites for hydroxylation is 1. The van der Waals surface area contributed by atoms with E-state index >= 15 is 0 Å². The molecule has 0 aliphatic rings. The molecule has 1 aromatic heterocycles. The predicted molar refractivity (Wildman–Crippen MR) is 81.2 cm³/mol. The summed E-state index contributed by atoms with van der Waals surface area (Å²) in [7, 11) is 1.59. The van der Waals surface area contributed by atoms with Gasteiger partial charge in [0.1, 0.15) is 6.61 Å². The van der Waals surface area contributed by atoms with E-state index < -0.39 is 5.97 Å². The van der Waals surface area contributed by atoms with Gasteiger partial charge >= 0.3 is 5.97 Å². The minimum absolute atomic E-state index is 0.194. The predicted octanol–water partition coefficient (Wildman–Crippen LogP) is 1.91. The summed E-state index contributed by atoms with van der Waals surface area (Å²) in [6.45, 7) is 0.875. The van der Waals surface area contributed by atoms with E-state index in [1.54, 1.807) is 11.8 Å². The van der Waals surface area contributed by atoms with Crippen LogP contribution >= 0.6 is 0 Å². The third kappa shape index (κ3) is 5.24. The second kappa shape index (κ2) is 8.72. The van der Waals surface area contributed by atoms with Gasteiger partial charge in [0.15, 0.2) is 17.3 Å². The van der Waals surface area contributed by atoms with Gasteiger partial charge in [0.2, 0.25) is 0 Å². The summed E-state index contributed by atoms with van der Waals surface area (Å²) in [5.41, 5.74) is 0. The second-order valence-corrected chi connectivity index (χ2v) is 4.96. The second-order valence-electron chi connectivity index (χ2n) is 4.96. The third-order valence-corrected chi connectivity index (χ3v) is 3.29. The Hall–Kier alpha value is -2.64. The number of carboxylic acids is 1. The zero-order chi connectivity index (χ0) is 16.5. The van der Waals surface area contributed by atoms with Crippen molar-refractivity contribution in [1.29, 1.82) is 0 Å². The molecule has 124 valence electrons. The Balaban J connectivity index is 1.82. The summed E-state index contributed by atoms with van der Waals surface area (Å²) in [5.74, 6) is 1.14. The highest BCUT2D eigenvalue weighted by Gasteiger charge is 2.09. The Labute approximate surface area is 134 Å². The van der Waals surface area contributed by atoms with Gasteiger partial charge in [-0.15, -0.1) is 5.10 Å². The molecule has 8 heteroatoms. The van der Waals surface area contributed by atoms with Crippen molar-refractivity contribution >= 4 is 5.97 Å². The molecule has 0 unspecified atom stereocenters. The summed E-state index contributed by atoms with van der Waals surface area (Å²) in [5, 5.41) is 20.1. The molecule has 0 saturated heterocycles. The normalized spacial score (nSPS) is 10.5. The van der Waals surface area contributed by atoms with Gasteiger partial charge in [0, 0.05) is 13.0 Å². The number of ether oxygens (including phenoxy) is 2. The van der Waals surface area contributed by atoms with Crippen LogP contribution in [-0.4, -0.2) is 38.4 Å². The van der Waals surface area contributed by atoms with E-state index in [1.807, 2.05) is 24.3 Å². The summed E-state index contributed by atoms with van der Waals surface area (Å²) in [6.07, 6.45) is 2.49. The Morgan fingerprint density at radius 1 is 1.22 bits per heavy atom. The van der Waals surface area contributed by atoms with Gasteiger partial charge in [-0.3, -0.25) is 4.79 Å². The van der Waals surface area contributed by atoms with Crippen LogP contribution in [0, 0.1) is 0 Å². The highest BCUT2D eigenvalue weighted by Crippen LogP contribution is 2.26. The molecule has 0 saturated carbocycles. The van der Waals surface area contributed by atoms with Crippen LogP contribution in [0.2, 0.25) is 0 Å². The number of para-hydroxylation sites is 2. The van der Waals surface area contributed by atoms with Crippen molar-refractivity contribution in [2.24, 2.45) is 0 Å². The molecule has 8 nitrogen and oxygen atoms in total. The monoisotopic (exact) mass is 320 g/mol. The first-order valence-electron chi connectivity index (χ1n) is 7.43. The molecule has 0 fully saturated rings. The van der Waals surface area contributed by atoms with E-state index in [0.29, 0.717) is 30.3 Å². The maximum Gasteiger partial charge on any atom is 0.303 e. The first-order valence-corrected chi connectivity index (χ1v) is 7.43. The van der Waals surface area contributed by atoms with E-state index in [2.05, 4.69) is 15.5 Å². The zero-order valence-corrected chi connectivity index (χ0v) is 13.0. The van der Waals surface area contributed by atoms with Gasteiger partial charge in [-0.2, -0.15) is 0 Å². The third-order valence-electron chi connectivity index (χ3n) is 3.29. The average molecular weight is 320 g/mol. The van der Waals surface area contributed by atoms with Crippen molar-refractivity contribution < 1.29 is 19.4 Å². The molecule has 0 atom stereocenters. The molecule has 0 radical (unpaired) electrons. The van der Waals surface area contributed by atoms with Gasteiger partial charge in [-0.25, -0.2) is 4.68 Å². The highest BCUT2D eigenvalue weighted by atomic mass is 16.5. The van der Waals surface area contributed by atoms with Crippen LogP contribution in [0.1, 0.15) is 31.5 Å². The zero-order valence-electron chi connectivity index (χ0n) is 13.0. The van der Waals surface area contributed by atoms with Gasteiger partial charge in [-0.1, -0.05) is 18.6 Å². The first kappa shape index (κ1) is 16.7. The van der Waals surface area contributed by atoms with Crippen LogP contribution in [0.25, 0.3) is 0 Å². The molecule has 0 aliphatic carbocycles. The fourth-order valence-corrected chi connectivity index (χ4v) is 2.10. The number of tetrazole rings is 1. The lowest BCUT2D eigenvalue weighted by Gasteiger charge is -2.10. The number of aromatic nitrogens is 4. The molecule has 1 N–H and O–H groups in total. The Morgan fingerprint density at radius 3 is 2.74 bits per heavy atom. The van der Waals surface area contributed by atoms with Crippen molar-refractivity contribution in [3.8, 4) is 11.5 Å². The topological polar surface area (TPSA) is 99.4 Å². The van der Waals surface area contributed by atoms with Crippen LogP contribution in [0.5, 0.6) is 11.5 Å². The van der Waals surface area contributed by atoms with Crippen molar-refractivity contribution in [1.82, 2.24) is 20.2 Å². The number of aliphatic carboxylic acids is 1. The van der Waals surface area contributed by atoms with E-state index in [0.717, 1.165) is 12.8 Å². The number of benzene rings is 1. The Morgan fingerprint density at radius 2 is 2.00 bits per heavy atom. The van der Waals surface area contributed by atoms with Crippen LogP contribution in [-0.2, 0) is 17.9 Å². The minimum atomic E-state index is -0.765. The van der Waals surface area contributed by atoms with Crippen molar-refractivity contribution in [3.05, 3.63) is 30.1 Å². The molecule has 0 aliphatic heterocycles. The lowest BCUT2D eigenvalue weighted by molar-refractivity contribution is -0.137. The molecular weight excluding hydrogens is 300 g/mol. The molecule has 0 bridgehead atoms. The summed E-state index contributed by atoms with van der Waals surface area (Å²) >= 11 is 0. The van der Waals surface area contributed by atoms with Crippen LogP contribution in [0.4, 0.5) is 0 Å². The Bertz CT molecular complexity index is 629. The number of methoxy groups -OCH3 is 1. The van der Waals surface area contributed by atoms with E-state index in [1.165, 1.54) is 0 Å². The van der Waals surface area contributed by atoms with Crippen LogP contribution in [0.3, 0.4) is 0 Å². The number of carboxylic acid groups (broad SMARTS) is 1. The summed E-state index contributed by atoms with van der Waals surface area (Å²) in [4.78, 5) is 10.5. The molecular formula is C15H20N4O4. The van der Waals surface area contributed by atoms with Gasteiger partial charge in [-0.05, 0) is 35.4 Å². The number of hydrogen-bond acceptors (Lipinski definition) is 6. The van der Waals surface area contributed by atoms with Crippen LogP contribution in [0.15, 0.2) is 24.3 Å². The van der Waals surface area contributed by atoms with E-state index in [-0.39, 0.29) is 13.0 Å². The van der Waals surface area contributed by atoms with E-state index in [4.69, 9.17) is 14.6 Å². The molecule has 1 heterocycles. The number of hydrogen-bond donors (Lipinski definition) is 1. The summed E-state index contributed by atoms with van der Waals surface area (Å²) < 4.78 is 12.6. The molecule has 0 spiro atoms. The fourth-order valence-electron chi connectivity index (χ4n) is 2.10. The molecule has 1 aromatic carbocycles. The molecule has 2 aromatic rings. The number of nitrogens with zero attached hydrogens (tertiary/aromatic N) is 4. The van der Waals surface area contributed by atoms with E-state index in [9.17, 15) is 4.79 Å². The standard InChI is InChI=1S/C15H20N4O4/c1-22-12-7-4-5-8-13(12)23-11-14-16-17-18-19(14)10-6-2-3-9-15(20)21/h4-5,7-8H,2-3,6,9-11H2,1H3,(H,20,21). The Kier molecular flexibility index (Phi) is 6.34. The van der Waals surface area contributed by atoms with Crippen molar-refractivity contribution in [2.45, 2.75) is 38.8 Å². The average Bonchev–Trinajstić information content (AvgIpc) is 3.00. The lowest BCUT2D eigenvalue weighted by atomic mass is 10.2. The largest absolute Gasteiger partial charge is 0.493 e. The van der Waals surface area contributed by atoms with Gasteiger partial charge in [0.05, 0.1) is 7.11 Å². The SMILES string of the molecule is COc1ccccc1OCc1nnnn1CCCCCC(=O)O. The number of unbranched alkanes of at least 4 members (excludes halogenated alkanes) is 2. The fraction of sp³-hybridized carbons (Fsp3) is 0.467. The summed E-state index contributed by atoms with van der Waals surface area (Å²) in [6, 6.07) is 7.37. The van der Waals surface area contributed by atoms with Crippen molar-refractivity contribution in [2.75, 3.05) is 7.11 Å². The quantitative estimate of drug-likeness (QED) is 0.667. The van der Waals surface area contributed by atoms with Crippen LogP contribution < -0.4 is 9.47 Å². The minimum Gasteiger partial charge on any atom is -0.493 e. The highest BCUT2D eigenvalue weighted by molar-refractivity contribution is 5.66. The number of carbonyl (C=O) groups is 1. The van der Waals surface area contributed by atoms with Crippen molar-refractivity contribution in [3.63, 3.8) is 0 Å². The lowest BCUT2D eigenvalue weighted by Crippen LogP contribution is -2.09. The maximum atomic E-state index is 10.5. The number of rotatable bonds is 10. The molecule has 23 heavy (non-hydrogen) atoms. The maximum absolute atomic E-state index is 10.5. The van der Waals surface area contributed by atoms with Gasteiger partial charge in [0.25, 0.3) is 0 Å².